The fourth-order valence-electron chi connectivity index (χ4n) is 2.11. The van der Waals surface area contributed by atoms with E-state index in [0.29, 0.717) is 29.3 Å². The van der Waals surface area contributed by atoms with Crippen molar-refractivity contribution < 1.29 is 13.5 Å². The number of anilines is 1. The monoisotopic (exact) mass is 291 g/mol. The van der Waals surface area contributed by atoms with Gasteiger partial charge in [0.2, 0.25) is 0 Å². The molecule has 0 aliphatic heterocycles. The van der Waals surface area contributed by atoms with Crippen molar-refractivity contribution in [3.05, 3.63) is 30.1 Å². The van der Waals surface area contributed by atoms with E-state index >= 15 is 0 Å². The normalized spacial score (nSPS) is 10.6. The van der Waals surface area contributed by atoms with Crippen molar-refractivity contribution in [3.8, 4) is 29.4 Å². The molecule has 0 amide bonds. The molecule has 0 aliphatic rings. The number of ether oxygens (including phenoxy) is 1. The Labute approximate surface area is 121 Å². The van der Waals surface area contributed by atoms with Crippen molar-refractivity contribution in [1.29, 1.82) is 0 Å². The van der Waals surface area contributed by atoms with E-state index in [-0.39, 0.29) is 12.3 Å². The van der Waals surface area contributed by atoms with Crippen LogP contribution in [0, 0.1) is 12.3 Å². The molecule has 0 atom stereocenters. The minimum absolute atomic E-state index is 0.0345. The average Bonchev–Trinajstić information content (AvgIpc) is 2.76. The van der Waals surface area contributed by atoms with E-state index in [2.05, 4.69) is 15.6 Å². The Morgan fingerprint density at radius 2 is 2.14 bits per heavy atom. The third-order valence-corrected chi connectivity index (χ3v) is 3.01. The van der Waals surface area contributed by atoms with Crippen LogP contribution in [0.15, 0.2) is 24.3 Å². The van der Waals surface area contributed by atoms with Gasteiger partial charge in [0.05, 0.1) is 6.54 Å². The van der Waals surface area contributed by atoms with Gasteiger partial charge in [-0.05, 0) is 12.1 Å². The molecule has 0 aliphatic carbocycles. The van der Waals surface area contributed by atoms with Gasteiger partial charge in [0, 0.05) is 12.0 Å². The summed E-state index contributed by atoms with van der Waals surface area (Å²) < 4.78 is 31.2. The maximum absolute atomic E-state index is 12.5. The molecular weight excluding hydrogens is 276 g/mol. The van der Waals surface area contributed by atoms with Gasteiger partial charge in [0.25, 0.3) is 0 Å². The number of para-hydroxylation sites is 1. The first-order chi connectivity index (χ1) is 10.1. The molecule has 1 heterocycles. The van der Waals surface area contributed by atoms with Crippen molar-refractivity contribution in [2.75, 3.05) is 5.73 Å². The van der Waals surface area contributed by atoms with Crippen molar-refractivity contribution >= 4 is 5.82 Å². The maximum atomic E-state index is 12.5. The second-order valence-corrected chi connectivity index (χ2v) is 4.28. The van der Waals surface area contributed by atoms with Gasteiger partial charge in [-0.3, -0.25) is 0 Å². The smallest absolute Gasteiger partial charge is 0.387 e. The molecule has 0 radical (unpaired) electrons. The average molecular weight is 291 g/mol. The van der Waals surface area contributed by atoms with Crippen LogP contribution in [-0.2, 0) is 13.0 Å². The van der Waals surface area contributed by atoms with Crippen LogP contribution in [-0.4, -0.2) is 16.2 Å². The SMILES string of the molecule is C#CCn1c(CC)nc(-c2ccccc2OC(F)F)c1N. The van der Waals surface area contributed by atoms with Crippen LogP contribution in [0.5, 0.6) is 5.75 Å². The van der Waals surface area contributed by atoms with E-state index in [0.717, 1.165) is 0 Å². The molecule has 0 spiro atoms. The van der Waals surface area contributed by atoms with Gasteiger partial charge in [-0.1, -0.05) is 25.0 Å². The largest absolute Gasteiger partial charge is 0.434 e. The minimum Gasteiger partial charge on any atom is -0.434 e. The summed E-state index contributed by atoms with van der Waals surface area (Å²) in [6.07, 6.45) is 5.95. The molecule has 0 unspecified atom stereocenters. The Bertz CT molecular complexity index is 674. The number of nitrogens with zero attached hydrogens (tertiary/aromatic N) is 2. The van der Waals surface area contributed by atoms with Crippen molar-refractivity contribution in [1.82, 2.24) is 9.55 Å². The Kier molecular flexibility index (Phi) is 4.43. The number of hydrogen-bond acceptors (Lipinski definition) is 3. The maximum Gasteiger partial charge on any atom is 0.387 e. The summed E-state index contributed by atoms with van der Waals surface area (Å²) in [5, 5.41) is 0. The fraction of sp³-hybridized carbons (Fsp3) is 0.267. The molecule has 2 N–H and O–H groups in total. The number of aromatic nitrogens is 2. The zero-order valence-corrected chi connectivity index (χ0v) is 11.5. The first kappa shape index (κ1) is 14.9. The first-order valence-electron chi connectivity index (χ1n) is 6.41. The number of hydrogen-bond donors (Lipinski definition) is 1. The second-order valence-electron chi connectivity index (χ2n) is 4.28. The number of benzene rings is 1. The summed E-state index contributed by atoms with van der Waals surface area (Å²) in [5.41, 5.74) is 6.88. The number of nitrogen functional groups attached to an aromatic ring is 1. The molecule has 21 heavy (non-hydrogen) atoms. The van der Waals surface area contributed by atoms with Gasteiger partial charge >= 0.3 is 6.61 Å². The van der Waals surface area contributed by atoms with Crippen LogP contribution < -0.4 is 10.5 Å². The summed E-state index contributed by atoms with van der Waals surface area (Å²) >= 11 is 0. The first-order valence-corrected chi connectivity index (χ1v) is 6.41. The van der Waals surface area contributed by atoms with Gasteiger partial charge in [-0.15, -0.1) is 6.42 Å². The highest BCUT2D eigenvalue weighted by Crippen LogP contribution is 2.34. The molecule has 2 rings (SSSR count). The molecule has 4 nitrogen and oxygen atoms in total. The fourth-order valence-corrected chi connectivity index (χ4v) is 2.11. The number of aryl methyl sites for hydroxylation is 1. The van der Waals surface area contributed by atoms with E-state index in [1.165, 1.54) is 6.07 Å². The third-order valence-electron chi connectivity index (χ3n) is 3.01. The summed E-state index contributed by atoms with van der Waals surface area (Å²) in [4.78, 5) is 4.40. The number of terminal acetylenes is 1. The molecule has 0 fully saturated rings. The van der Waals surface area contributed by atoms with Gasteiger partial charge in [-0.2, -0.15) is 8.78 Å². The van der Waals surface area contributed by atoms with Crippen molar-refractivity contribution in [2.24, 2.45) is 0 Å². The number of alkyl halides is 2. The minimum atomic E-state index is -2.91. The van der Waals surface area contributed by atoms with Crippen LogP contribution in [0.2, 0.25) is 0 Å². The Morgan fingerprint density at radius 1 is 1.43 bits per heavy atom. The van der Waals surface area contributed by atoms with E-state index in [9.17, 15) is 8.78 Å². The van der Waals surface area contributed by atoms with E-state index in [1.807, 2.05) is 6.92 Å². The van der Waals surface area contributed by atoms with Crippen LogP contribution in [0.3, 0.4) is 0 Å². The topological polar surface area (TPSA) is 53.1 Å². The van der Waals surface area contributed by atoms with Gasteiger partial charge in [-0.25, -0.2) is 4.98 Å². The molecular formula is C15H15F2N3O. The van der Waals surface area contributed by atoms with Crippen LogP contribution in [0.4, 0.5) is 14.6 Å². The number of rotatable bonds is 5. The summed E-state index contributed by atoms with van der Waals surface area (Å²) in [6, 6.07) is 6.40. The summed E-state index contributed by atoms with van der Waals surface area (Å²) in [6.45, 7) is -0.717. The molecule has 0 saturated carbocycles. The number of imidazole rings is 1. The lowest BCUT2D eigenvalue weighted by Crippen LogP contribution is -2.06. The summed E-state index contributed by atoms with van der Waals surface area (Å²) in [7, 11) is 0. The second kappa shape index (κ2) is 6.27. The lowest BCUT2D eigenvalue weighted by Gasteiger charge is -2.09. The van der Waals surface area contributed by atoms with E-state index in [4.69, 9.17) is 12.2 Å². The highest BCUT2D eigenvalue weighted by molar-refractivity contribution is 5.76. The molecule has 0 bridgehead atoms. The predicted octanol–water partition coefficient (Wildman–Crippen LogP) is 2.93. The molecule has 0 saturated heterocycles. The quantitative estimate of drug-likeness (QED) is 0.862. The Balaban J connectivity index is 2.55. The molecule has 6 heteroatoms. The Morgan fingerprint density at radius 3 is 2.76 bits per heavy atom. The van der Waals surface area contributed by atoms with Gasteiger partial charge < -0.3 is 15.0 Å². The Hall–Kier alpha value is -2.55. The molecule has 110 valence electrons. The zero-order valence-electron chi connectivity index (χ0n) is 11.5. The van der Waals surface area contributed by atoms with E-state index in [1.54, 1.807) is 22.8 Å². The molecule has 2 aromatic rings. The number of nitrogens with two attached hydrogens (primary N) is 1. The van der Waals surface area contributed by atoms with Crippen molar-refractivity contribution in [3.63, 3.8) is 0 Å². The molecule has 1 aromatic heterocycles. The number of halogens is 2. The van der Waals surface area contributed by atoms with Crippen LogP contribution in [0.25, 0.3) is 11.3 Å². The van der Waals surface area contributed by atoms with Crippen LogP contribution >= 0.6 is 0 Å². The zero-order chi connectivity index (χ0) is 15.4. The van der Waals surface area contributed by atoms with Gasteiger partial charge in [0.15, 0.2) is 0 Å². The lowest BCUT2D eigenvalue weighted by molar-refractivity contribution is -0.0494. The highest BCUT2D eigenvalue weighted by atomic mass is 19.3. The standard InChI is InChI=1S/C15H15F2N3O/c1-3-9-20-12(4-2)19-13(14(20)18)10-7-5-6-8-11(10)21-15(16)17/h1,5-8,15H,4,9,18H2,2H3. The third kappa shape index (κ3) is 2.97. The van der Waals surface area contributed by atoms with Crippen molar-refractivity contribution in [2.45, 2.75) is 26.5 Å². The van der Waals surface area contributed by atoms with Crippen LogP contribution in [0.1, 0.15) is 12.7 Å². The van der Waals surface area contributed by atoms with Gasteiger partial charge in [0.1, 0.15) is 23.1 Å². The molecule has 1 aromatic carbocycles. The summed E-state index contributed by atoms with van der Waals surface area (Å²) in [5.74, 6) is 3.58. The lowest BCUT2D eigenvalue weighted by atomic mass is 10.1. The predicted molar refractivity (Wildman–Crippen MR) is 76.9 cm³/mol. The highest BCUT2D eigenvalue weighted by Gasteiger charge is 2.19. The van der Waals surface area contributed by atoms with E-state index < -0.39 is 6.61 Å².